The van der Waals surface area contributed by atoms with E-state index in [4.69, 9.17) is 4.74 Å². The Morgan fingerprint density at radius 1 is 0.423 bits per heavy atom. The molecule has 3 aliphatic heterocycles. The summed E-state index contributed by atoms with van der Waals surface area (Å²) in [7, 11) is 0. The first-order chi connectivity index (χ1) is 25.4. The van der Waals surface area contributed by atoms with Crippen LogP contribution >= 0.6 is 0 Å². The molecule has 7 aromatic carbocycles. The fourth-order valence-electron chi connectivity index (χ4n) is 11.7. The Bertz CT molecular complexity index is 3280. The number of hydrogen-bond donors (Lipinski definition) is 0. The highest BCUT2D eigenvalue weighted by atomic mass is 16.5. The van der Waals surface area contributed by atoms with Crippen LogP contribution in [0.25, 0.3) is 76.2 Å². The first-order valence-corrected chi connectivity index (χ1v) is 18.7. The van der Waals surface area contributed by atoms with Crippen LogP contribution in [-0.4, -0.2) is 15.5 Å². The number of hydrogen-bond acceptors (Lipinski definition) is 1. The molecule has 7 heterocycles. The van der Waals surface area contributed by atoms with Crippen molar-refractivity contribution in [1.29, 1.82) is 0 Å². The molecular weight excluding hydrogens is 631 g/mol. The van der Waals surface area contributed by atoms with E-state index >= 15 is 0 Å². The summed E-state index contributed by atoms with van der Waals surface area (Å²) in [5.41, 5.74) is 17.0. The molecule has 0 radical (unpaired) electrons. The Morgan fingerprint density at radius 2 is 0.846 bits per heavy atom. The predicted molar refractivity (Wildman–Crippen MR) is 218 cm³/mol. The molecule has 14 rings (SSSR count). The lowest BCUT2D eigenvalue weighted by Crippen LogP contribution is -2.68. The predicted octanol–water partition coefficient (Wildman–Crippen LogP) is 9.89. The molecule has 3 aliphatic rings. The Balaban J connectivity index is 1.25. The van der Waals surface area contributed by atoms with Crippen LogP contribution in [0.4, 0.5) is 0 Å². The maximum atomic E-state index is 7.78. The summed E-state index contributed by atoms with van der Waals surface area (Å²) in [6.45, 7) is 9.84. The van der Waals surface area contributed by atoms with Crippen molar-refractivity contribution in [2.24, 2.45) is 0 Å². The monoisotopic (exact) mass is 662 g/mol. The van der Waals surface area contributed by atoms with Gasteiger partial charge in [0, 0.05) is 43.1 Å². The smallest absolute Gasteiger partial charge is 0.252 e. The fourth-order valence-corrected chi connectivity index (χ4v) is 11.7. The summed E-state index contributed by atoms with van der Waals surface area (Å²) in [5.74, 6) is 2.10. The maximum absolute atomic E-state index is 7.78. The minimum absolute atomic E-state index is 0.0958. The van der Waals surface area contributed by atoms with Gasteiger partial charge in [-0.05, 0) is 57.4 Å². The Hall–Kier alpha value is -6.00. The van der Waals surface area contributed by atoms with Gasteiger partial charge in [-0.3, -0.25) is 0 Å². The van der Waals surface area contributed by atoms with E-state index in [1.54, 1.807) is 0 Å². The van der Waals surface area contributed by atoms with E-state index in [0.29, 0.717) is 0 Å². The molecule has 0 unspecified atom stereocenters. The van der Waals surface area contributed by atoms with Gasteiger partial charge in [0.15, 0.2) is 0 Å². The Morgan fingerprint density at radius 3 is 1.35 bits per heavy atom. The van der Waals surface area contributed by atoms with Gasteiger partial charge in [-0.1, -0.05) is 124 Å². The summed E-state index contributed by atoms with van der Waals surface area (Å²) in [4.78, 5) is 0. The number of nitrogens with zero attached hydrogens (tertiary/aromatic N) is 2. The molecule has 0 N–H and O–H groups in total. The van der Waals surface area contributed by atoms with E-state index in [1.165, 1.54) is 115 Å². The maximum Gasteiger partial charge on any atom is 0.252 e. The van der Waals surface area contributed by atoms with Gasteiger partial charge in [-0.2, -0.15) is 0 Å². The first-order valence-electron chi connectivity index (χ1n) is 18.7. The van der Waals surface area contributed by atoms with E-state index < -0.39 is 0 Å². The highest BCUT2D eigenvalue weighted by Crippen LogP contribution is 2.53. The molecule has 0 amide bonds. The number of benzene rings is 7. The van der Waals surface area contributed by atoms with Crippen LogP contribution in [-0.2, 0) is 10.8 Å². The van der Waals surface area contributed by atoms with Crippen molar-refractivity contribution in [2.45, 2.75) is 38.5 Å². The third-order valence-corrected chi connectivity index (χ3v) is 13.9. The quantitative estimate of drug-likeness (QED) is 0.148. The molecular formula is C48H31BN2O. The van der Waals surface area contributed by atoms with E-state index in [0.717, 1.165) is 11.5 Å². The first kappa shape index (κ1) is 26.8. The van der Waals surface area contributed by atoms with Gasteiger partial charge in [-0.25, -0.2) is 0 Å². The second kappa shape index (κ2) is 8.06. The number of aromatic nitrogens is 2. The summed E-state index contributed by atoms with van der Waals surface area (Å²) in [6, 6.07) is 43.7. The van der Waals surface area contributed by atoms with Crippen molar-refractivity contribution < 1.29 is 4.74 Å². The largest absolute Gasteiger partial charge is 0.457 e. The van der Waals surface area contributed by atoms with Gasteiger partial charge in [0.2, 0.25) is 0 Å². The van der Waals surface area contributed by atoms with Gasteiger partial charge < -0.3 is 13.5 Å². The van der Waals surface area contributed by atoms with Crippen LogP contribution in [0.5, 0.6) is 11.5 Å². The fraction of sp³-hybridized carbons (Fsp3) is 0.125. The molecule has 0 saturated carbocycles. The SMILES string of the molecule is CC1(C)c2cccc3c2B2c4c1cc1c(c4Oc4c2c(cc2c4c4cccc5c6ccccc6n2c54)C3(C)C)c2cccc3c4ccccc4n1c32. The topological polar surface area (TPSA) is 18.1 Å². The molecule has 0 saturated heterocycles. The minimum Gasteiger partial charge on any atom is -0.457 e. The molecule has 4 heteroatoms. The van der Waals surface area contributed by atoms with Crippen LogP contribution in [0.2, 0.25) is 0 Å². The van der Waals surface area contributed by atoms with Gasteiger partial charge in [-0.15, -0.1) is 0 Å². The van der Waals surface area contributed by atoms with Crippen LogP contribution in [0.15, 0.2) is 115 Å². The van der Waals surface area contributed by atoms with Crippen molar-refractivity contribution in [1.82, 2.24) is 8.80 Å². The average molecular weight is 663 g/mol. The minimum atomic E-state index is -0.216. The molecule has 0 fully saturated rings. The standard InChI is InChI=1S/C48H31BN2O/c1-47(2)30-18-11-19-31-40(30)49-41-32(47)22-36-38(28-16-9-14-26-24-12-5-7-20-34(24)50(36)43(26)28)45(41)52-46-39-29-17-10-15-27-25-13-6-8-21-35(25)51(44(27)29)37(39)23-33(42(46)49)48(31,3)4/h5-23H,1-4H3. The van der Waals surface area contributed by atoms with Crippen LogP contribution in [0.1, 0.15) is 49.9 Å². The number of ether oxygens (including phenoxy) is 1. The van der Waals surface area contributed by atoms with Crippen LogP contribution < -0.4 is 21.1 Å². The molecule has 0 spiro atoms. The van der Waals surface area contributed by atoms with Crippen LogP contribution in [0, 0.1) is 0 Å². The molecule has 3 nitrogen and oxygen atoms in total. The molecule has 0 atom stereocenters. The Labute approximate surface area is 299 Å². The second-order valence-corrected chi connectivity index (χ2v) is 16.8. The molecule has 0 bridgehead atoms. The van der Waals surface area contributed by atoms with Crippen molar-refractivity contribution in [2.75, 3.05) is 0 Å². The lowest BCUT2D eigenvalue weighted by molar-refractivity contribution is 0.492. The molecule has 0 aliphatic carbocycles. The summed E-state index contributed by atoms with van der Waals surface area (Å²) in [6.07, 6.45) is 0. The van der Waals surface area contributed by atoms with Crippen molar-refractivity contribution in [3.05, 3.63) is 138 Å². The number of para-hydroxylation sites is 4. The summed E-state index contributed by atoms with van der Waals surface area (Å²) in [5, 5.41) is 10.2. The van der Waals surface area contributed by atoms with Crippen LogP contribution in [0.3, 0.4) is 0 Å². The van der Waals surface area contributed by atoms with E-state index in [1.807, 2.05) is 0 Å². The number of fused-ring (bicyclic) bond motifs is 14. The van der Waals surface area contributed by atoms with Crippen molar-refractivity contribution in [3.8, 4) is 11.5 Å². The van der Waals surface area contributed by atoms with E-state index in [2.05, 4.69) is 152 Å². The molecule has 242 valence electrons. The number of rotatable bonds is 0. The Kier molecular flexibility index (Phi) is 4.15. The van der Waals surface area contributed by atoms with Crippen molar-refractivity contribution >= 4 is 99.3 Å². The van der Waals surface area contributed by atoms with Gasteiger partial charge in [0.1, 0.15) is 11.5 Å². The summed E-state index contributed by atoms with van der Waals surface area (Å²) < 4.78 is 12.8. The van der Waals surface area contributed by atoms with E-state index in [9.17, 15) is 0 Å². The zero-order valence-corrected chi connectivity index (χ0v) is 29.3. The molecule has 11 aromatic rings. The van der Waals surface area contributed by atoms with E-state index in [-0.39, 0.29) is 17.5 Å². The zero-order chi connectivity index (χ0) is 34.2. The van der Waals surface area contributed by atoms with Gasteiger partial charge >= 0.3 is 0 Å². The molecule has 52 heavy (non-hydrogen) atoms. The van der Waals surface area contributed by atoms with Gasteiger partial charge in [0.25, 0.3) is 6.71 Å². The summed E-state index contributed by atoms with van der Waals surface area (Å²) >= 11 is 0. The highest BCUT2D eigenvalue weighted by molar-refractivity contribution is 6.99. The third kappa shape index (κ3) is 2.57. The zero-order valence-electron chi connectivity index (χ0n) is 29.3. The molecule has 4 aromatic heterocycles. The lowest BCUT2D eigenvalue weighted by Gasteiger charge is -2.49. The second-order valence-electron chi connectivity index (χ2n) is 16.8. The normalized spacial score (nSPS) is 16.5. The average Bonchev–Trinajstić information content (AvgIpc) is 3.89. The van der Waals surface area contributed by atoms with Crippen molar-refractivity contribution in [3.63, 3.8) is 0 Å². The highest BCUT2D eigenvalue weighted by Gasteiger charge is 2.53. The lowest BCUT2D eigenvalue weighted by atomic mass is 9.26. The third-order valence-electron chi connectivity index (χ3n) is 13.9. The van der Waals surface area contributed by atoms with Gasteiger partial charge in [0.05, 0.1) is 43.9 Å².